The van der Waals surface area contributed by atoms with Crippen molar-refractivity contribution in [1.29, 1.82) is 0 Å². The maximum absolute atomic E-state index is 12.0. The highest BCUT2D eigenvalue weighted by atomic mass is 16.6. The third-order valence-electron chi connectivity index (χ3n) is 3.52. The second-order valence-electron chi connectivity index (χ2n) is 5.41. The molecule has 1 amide bonds. The normalized spacial score (nSPS) is 10.4. The molecule has 9 nitrogen and oxygen atoms in total. The Hall–Kier alpha value is -3.88. The first-order valence-corrected chi connectivity index (χ1v) is 8.04. The number of nitrogens with one attached hydrogen (secondary N) is 1. The van der Waals surface area contributed by atoms with Gasteiger partial charge < -0.3 is 19.5 Å². The van der Waals surface area contributed by atoms with Crippen LogP contribution in [0.25, 0.3) is 6.08 Å². The van der Waals surface area contributed by atoms with Gasteiger partial charge in [-0.3, -0.25) is 14.9 Å². The molecule has 146 valence electrons. The molecule has 0 aromatic heterocycles. The van der Waals surface area contributed by atoms with E-state index in [9.17, 15) is 19.7 Å². The van der Waals surface area contributed by atoms with Crippen molar-refractivity contribution in [2.24, 2.45) is 0 Å². The standard InChI is InChI=1S/C19H18N2O7/c1-26-15-7-8-16(17(11-15)27-2)20-18(22)12-28-19(23)9-6-13-4-3-5-14(10-13)21(24)25/h3-11H,12H2,1-2H3,(H,20,22)/b9-6+. The lowest BCUT2D eigenvalue weighted by Crippen LogP contribution is -2.20. The van der Waals surface area contributed by atoms with Gasteiger partial charge >= 0.3 is 5.97 Å². The second-order valence-corrected chi connectivity index (χ2v) is 5.41. The summed E-state index contributed by atoms with van der Waals surface area (Å²) in [4.78, 5) is 33.9. The molecule has 28 heavy (non-hydrogen) atoms. The van der Waals surface area contributed by atoms with Crippen molar-refractivity contribution in [1.82, 2.24) is 0 Å². The molecular formula is C19H18N2O7. The highest BCUT2D eigenvalue weighted by Crippen LogP contribution is 2.28. The quantitative estimate of drug-likeness (QED) is 0.321. The number of hydrogen-bond donors (Lipinski definition) is 1. The molecule has 0 atom stereocenters. The van der Waals surface area contributed by atoms with E-state index in [2.05, 4.69) is 5.32 Å². The number of ether oxygens (including phenoxy) is 3. The summed E-state index contributed by atoms with van der Waals surface area (Å²) in [5.41, 5.74) is 0.762. The van der Waals surface area contributed by atoms with Crippen LogP contribution in [0.15, 0.2) is 48.5 Å². The van der Waals surface area contributed by atoms with Crippen LogP contribution in [0.4, 0.5) is 11.4 Å². The van der Waals surface area contributed by atoms with Gasteiger partial charge in [-0.15, -0.1) is 0 Å². The zero-order chi connectivity index (χ0) is 20.5. The minimum absolute atomic E-state index is 0.0941. The molecule has 0 fully saturated rings. The molecule has 0 aliphatic heterocycles. The largest absolute Gasteiger partial charge is 0.497 e. The number of carbonyl (C=O) groups excluding carboxylic acids is 2. The molecule has 2 aromatic carbocycles. The number of nitrogens with zero attached hydrogens (tertiary/aromatic N) is 1. The number of nitro benzene ring substituents is 1. The number of methoxy groups -OCH3 is 2. The molecule has 1 N–H and O–H groups in total. The number of non-ortho nitro benzene ring substituents is 1. The Balaban J connectivity index is 1.89. The van der Waals surface area contributed by atoms with Gasteiger partial charge in [0.25, 0.3) is 11.6 Å². The third-order valence-corrected chi connectivity index (χ3v) is 3.52. The van der Waals surface area contributed by atoms with Crippen molar-refractivity contribution in [2.75, 3.05) is 26.1 Å². The van der Waals surface area contributed by atoms with Crippen molar-refractivity contribution in [3.63, 3.8) is 0 Å². The molecular weight excluding hydrogens is 368 g/mol. The first kappa shape index (κ1) is 20.4. The summed E-state index contributed by atoms with van der Waals surface area (Å²) in [6, 6.07) is 10.6. The average Bonchev–Trinajstić information content (AvgIpc) is 2.71. The van der Waals surface area contributed by atoms with Crippen LogP contribution in [-0.2, 0) is 14.3 Å². The summed E-state index contributed by atoms with van der Waals surface area (Å²) in [6.07, 6.45) is 2.44. The molecule has 0 aliphatic rings. The molecule has 0 bridgehead atoms. The van der Waals surface area contributed by atoms with Gasteiger partial charge in [-0.2, -0.15) is 0 Å². The van der Waals surface area contributed by atoms with Gasteiger partial charge in [-0.1, -0.05) is 12.1 Å². The fourth-order valence-electron chi connectivity index (χ4n) is 2.18. The average molecular weight is 386 g/mol. The van der Waals surface area contributed by atoms with Gasteiger partial charge in [-0.05, 0) is 23.8 Å². The summed E-state index contributed by atoms with van der Waals surface area (Å²) >= 11 is 0. The van der Waals surface area contributed by atoms with Gasteiger partial charge in [0.1, 0.15) is 11.5 Å². The van der Waals surface area contributed by atoms with E-state index in [1.807, 2.05) is 0 Å². The van der Waals surface area contributed by atoms with E-state index in [-0.39, 0.29) is 5.69 Å². The van der Waals surface area contributed by atoms with E-state index in [4.69, 9.17) is 14.2 Å². The molecule has 2 aromatic rings. The summed E-state index contributed by atoms with van der Waals surface area (Å²) in [7, 11) is 2.96. The van der Waals surface area contributed by atoms with E-state index in [0.29, 0.717) is 22.7 Å². The van der Waals surface area contributed by atoms with Crippen LogP contribution in [0.2, 0.25) is 0 Å². The van der Waals surface area contributed by atoms with Crippen LogP contribution in [0.5, 0.6) is 11.5 Å². The van der Waals surface area contributed by atoms with Gasteiger partial charge in [0.05, 0.1) is 24.8 Å². The molecule has 0 saturated carbocycles. The lowest BCUT2D eigenvalue weighted by atomic mass is 10.2. The number of esters is 1. The summed E-state index contributed by atoms with van der Waals surface area (Å²) in [6.45, 7) is -0.507. The number of amides is 1. The smallest absolute Gasteiger partial charge is 0.331 e. The molecule has 0 saturated heterocycles. The zero-order valence-electron chi connectivity index (χ0n) is 15.2. The minimum Gasteiger partial charge on any atom is -0.497 e. The maximum Gasteiger partial charge on any atom is 0.331 e. The fraction of sp³-hybridized carbons (Fsp3) is 0.158. The minimum atomic E-state index is -0.761. The van der Waals surface area contributed by atoms with Gasteiger partial charge in [0, 0.05) is 24.3 Å². The second kappa shape index (κ2) is 9.72. The molecule has 0 spiro atoms. The van der Waals surface area contributed by atoms with E-state index in [1.165, 1.54) is 38.5 Å². The van der Waals surface area contributed by atoms with Gasteiger partial charge in [0.2, 0.25) is 0 Å². The van der Waals surface area contributed by atoms with Crippen molar-refractivity contribution in [3.05, 3.63) is 64.2 Å². The Kier molecular flexibility index (Phi) is 7.09. The SMILES string of the molecule is COc1ccc(NC(=O)COC(=O)/C=C/c2cccc([N+](=O)[O-])c2)c(OC)c1. The third kappa shape index (κ3) is 5.84. The van der Waals surface area contributed by atoms with Crippen molar-refractivity contribution >= 4 is 29.3 Å². The molecule has 0 heterocycles. The Morgan fingerprint density at radius 2 is 1.93 bits per heavy atom. The summed E-state index contributed by atoms with van der Waals surface area (Å²) in [5, 5.41) is 13.3. The molecule has 0 radical (unpaired) electrons. The van der Waals surface area contributed by atoms with Gasteiger partial charge in [0.15, 0.2) is 6.61 Å². The van der Waals surface area contributed by atoms with E-state index in [0.717, 1.165) is 6.08 Å². The predicted molar refractivity (Wildman–Crippen MR) is 101 cm³/mol. The number of benzene rings is 2. The maximum atomic E-state index is 12.0. The highest BCUT2D eigenvalue weighted by molar-refractivity contribution is 5.95. The number of hydrogen-bond acceptors (Lipinski definition) is 7. The summed E-state index contributed by atoms with van der Waals surface area (Å²) in [5.74, 6) is -0.360. The van der Waals surface area contributed by atoms with Crippen molar-refractivity contribution in [2.45, 2.75) is 0 Å². The Bertz CT molecular complexity index is 909. The van der Waals surface area contributed by atoms with Crippen LogP contribution in [0, 0.1) is 10.1 Å². The molecule has 2 rings (SSSR count). The van der Waals surface area contributed by atoms with Crippen LogP contribution in [0.3, 0.4) is 0 Å². The molecule has 0 aliphatic carbocycles. The lowest BCUT2D eigenvalue weighted by molar-refractivity contribution is -0.384. The molecule has 9 heteroatoms. The van der Waals surface area contributed by atoms with Crippen LogP contribution in [0.1, 0.15) is 5.56 Å². The Morgan fingerprint density at radius 3 is 2.61 bits per heavy atom. The number of anilines is 1. The summed E-state index contributed by atoms with van der Waals surface area (Å²) < 4.78 is 15.1. The van der Waals surface area contributed by atoms with E-state index < -0.39 is 23.4 Å². The topological polar surface area (TPSA) is 117 Å². The van der Waals surface area contributed by atoms with Crippen LogP contribution < -0.4 is 14.8 Å². The Morgan fingerprint density at radius 1 is 1.14 bits per heavy atom. The number of rotatable bonds is 8. The molecule has 0 unspecified atom stereocenters. The van der Waals surface area contributed by atoms with Crippen molar-refractivity contribution < 1.29 is 28.7 Å². The van der Waals surface area contributed by atoms with Crippen LogP contribution >= 0.6 is 0 Å². The predicted octanol–water partition coefficient (Wildman–Crippen LogP) is 2.81. The first-order valence-electron chi connectivity index (χ1n) is 8.04. The monoisotopic (exact) mass is 386 g/mol. The zero-order valence-corrected chi connectivity index (χ0v) is 15.2. The van der Waals surface area contributed by atoms with Crippen LogP contribution in [-0.4, -0.2) is 37.6 Å². The van der Waals surface area contributed by atoms with Crippen molar-refractivity contribution in [3.8, 4) is 11.5 Å². The van der Waals surface area contributed by atoms with E-state index >= 15 is 0 Å². The fourth-order valence-corrected chi connectivity index (χ4v) is 2.18. The van der Waals surface area contributed by atoms with Gasteiger partial charge in [-0.25, -0.2) is 4.79 Å². The first-order chi connectivity index (χ1) is 13.4. The number of nitro groups is 1. The highest BCUT2D eigenvalue weighted by Gasteiger charge is 2.11. The lowest BCUT2D eigenvalue weighted by Gasteiger charge is -2.11. The Labute approximate surface area is 160 Å². The number of carbonyl (C=O) groups is 2. The van der Waals surface area contributed by atoms with E-state index in [1.54, 1.807) is 24.3 Å².